The summed E-state index contributed by atoms with van der Waals surface area (Å²) in [4.78, 5) is 32.3. The zero-order valence-corrected chi connectivity index (χ0v) is 10.0. The van der Waals surface area contributed by atoms with Crippen LogP contribution < -0.4 is 20.7 Å². The number of rotatable bonds is 2. The Kier molecular flexibility index (Phi) is 3.00. The number of aromatic nitrogens is 2. The average Bonchev–Trinajstić information content (AvgIpc) is 2.32. The molecular weight excluding hydrogens is 238 g/mol. The zero-order chi connectivity index (χ0) is 13.3. The van der Waals surface area contributed by atoms with Crippen LogP contribution in [0, 0.1) is 0 Å². The molecule has 1 unspecified atom stereocenters. The number of methoxy groups -OCH3 is 1. The number of nitrogens with one attached hydrogen (secondary N) is 1. The minimum Gasteiger partial charge on any atom is -0.481 e. The number of piperazine rings is 1. The third-order valence-electron chi connectivity index (χ3n) is 2.63. The van der Waals surface area contributed by atoms with Gasteiger partial charge in [0.2, 0.25) is 23.6 Å². The molecule has 1 aliphatic rings. The van der Waals surface area contributed by atoms with Crippen LogP contribution in [0.1, 0.15) is 6.92 Å². The van der Waals surface area contributed by atoms with Crippen LogP contribution in [-0.4, -0.2) is 41.5 Å². The largest absolute Gasteiger partial charge is 0.481 e. The molecule has 1 fully saturated rings. The van der Waals surface area contributed by atoms with Crippen molar-refractivity contribution in [3.05, 3.63) is 6.07 Å². The van der Waals surface area contributed by atoms with Crippen LogP contribution in [-0.2, 0) is 9.59 Å². The van der Waals surface area contributed by atoms with Gasteiger partial charge in [-0.25, -0.2) is 0 Å². The first-order valence-electron chi connectivity index (χ1n) is 5.30. The van der Waals surface area contributed by atoms with Gasteiger partial charge in [-0.15, -0.1) is 0 Å². The van der Waals surface area contributed by atoms with E-state index in [-0.39, 0.29) is 30.2 Å². The van der Waals surface area contributed by atoms with Gasteiger partial charge in [-0.1, -0.05) is 0 Å². The van der Waals surface area contributed by atoms with E-state index in [0.717, 1.165) is 0 Å². The summed E-state index contributed by atoms with van der Waals surface area (Å²) >= 11 is 0. The number of carbonyl (C=O) groups excluding carboxylic acids is 2. The lowest BCUT2D eigenvalue weighted by Gasteiger charge is -2.32. The molecular formula is C10H13N5O3. The van der Waals surface area contributed by atoms with Gasteiger partial charge in [0.15, 0.2) is 0 Å². The van der Waals surface area contributed by atoms with E-state index in [0.29, 0.717) is 5.82 Å². The van der Waals surface area contributed by atoms with Crippen molar-refractivity contribution in [1.29, 1.82) is 0 Å². The molecule has 3 N–H and O–H groups in total. The van der Waals surface area contributed by atoms with E-state index in [1.807, 2.05) is 0 Å². The molecule has 0 aromatic carbocycles. The van der Waals surface area contributed by atoms with Crippen LogP contribution in [0.3, 0.4) is 0 Å². The lowest BCUT2D eigenvalue weighted by Crippen LogP contribution is -2.57. The Morgan fingerprint density at radius 1 is 1.50 bits per heavy atom. The first kappa shape index (κ1) is 12.1. The van der Waals surface area contributed by atoms with Gasteiger partial charge in [0.1, 0.15) is 11.9 Å². The number of hydrogen-bond acceptors (Lipinski definition) is 7. The maximum Gasteiger partial charge on any atom is 0.249 e. The van der Waals surface area contributed by atoms with Crippen molar-refractivity contribution < 1.29 is 14.3 Å². The lowest BCUT2D eigenvalue weighted by molar-refractivity contribution is -0.132. The molecule has 0 bridgehead atoms. The van der Waals surface area contributed by atoms with Gasteiger partial charge in [-0.05, 0) is 6.92 Å². The lowest BCUT2D eigenvalue weighted by atomic mass is 10.2. The van der Waals surface area contributed by atoms with Gasteiger partial charge >= 0.3 is 0 Å². The fourth-order valence-electron chi connectivity index (χ4n) is 1.68. The SMILES string of the molecule is COc1cc(N2CC(=O)NC(=O)C2C)nc(N)n1. The van der Waals surface area contributed by atoms with Crippen LogP contribution in [0.4, 0.5) is 11.8 Å². The number of anilines is 2. The van der Waals surface area contributed by atoms with Gasteiger partial charge in [0.05, 0.1) is 13.7 Å². The number of nitrogens with two attached hydrogens (primary N) is 1. The molecule has 2 amide bonds. The van der Waals surface area contributed by atoms with E-state index in [9.17, 15) is 9.59 Å². The summed E-state index contributed by atoms with van der Waals surface area (Å²) in [6.07, 6.45) is 0. The summed E-state index contributed by atoms with van der Waals surface area (Å²) in [6.45, 7) is 1.71. The minimum absolute atomic E-state index is 0.0231. The predicted octanol–water partition coefficient (Wildman–Crippen LogP) is -1.08. The number of imide groups is 1. The van der Waals surface area contributed by atoms with E-state index in [4.69, 9.17) is 10.5 Å². The highest BCUT2D eigenvalue weighted by Gasteiger charge is 2.31. The number of amides is 2. The number of ether oxygens (including phenoxy) is 1. The minimum atomic E-state index is -0.512. The summed E-state index contributed by atoms with van der Waals surface area (Å²) in [5.41, 5.74) is 5.54. The van der Waals surface area contributed by atoms with Crippen LogP contribution in [0.15, 0.2) is 6.07 Å². The van der Waals surface area contributed by atoms with Crippen molar-refractivity contribution in [3.8, 4) is 5.88 Å². The molecule has 1 saturated heterocycles. The second kappa shape index (κ2) is 4.47. The first-order valence-corrected chi connectivity index (χ1v) is 5.30. The highest BCUT2D eigenvalue weighted by atomic mass is 16.5. The molecule has 1 aliphatic heterocycles. The molecule has 0 saturated carbocycles. The monoisotopic (exact) mass is 251 g/mol. The van der Waals surface area contributed by atoms with Gasteiger partial charge in [-0.3, -0.25) is 14.9 Å². The topological polar surface area (TPSA) is 110 Å². The Bertz CT molecular complexity index is 504. The molecule has 0 radical (unpaired) electrons. The zero-order valence-electron chi connectivity index (χ0n) is 10.0. The van der Waals surface area contributed by atoms with E-state index >= 15 is 0 Å². The second-order valence-corrected chi connectivity index (χ2v) is 3.84. The number of nitrogen functional groups attached to an aromatic ring is 1. The van der Waals surface area contributed by atoms with Crippen molar-refractivity contribution in [2.24, 2.45) is 0 Å². The van der Waals surface area contributed by atoms with E-state index in [2.05, 4.69) is 15.3 Å². The number of hydrogen-bond donors (Lipinski definition) is 2. The van der Waals surface area contributed by atoms with Gasteiger partial charge in [0, 0.05) is 6.07 Å². The highest BCUT2D eigenvalue weighted by Crippen LogP contribution is 2.21. The Morgan fingerprint density at radius 3 is 2.89 bits per heavy atom. The van der Waals surface area contributed by atoms with Crippen molar-refractivity contribution in [2.45, 2.75) is 13.0 Å². The summed E-state index contributed by atoms with van der Waals surface area (Å²) in [5.74, 6) is -0.0650. The Labute approximate surface area is 103 Å². The standard InChI is InChI=1S/C10H13N5O3/c1-5-9(17)13-7(16)4-15(5)6-3-8(18-2)14-10(11)12-6/h3,5H,4H2,1-2H3,(H2,11,12,14)(H,13,16,17). The summed E-state index contributed by atoms with van der Waals surface area (Å²) < 4.78 is 4.97. The summed E-state index contributed by atoms with van der Waals surface area (Å²) in [7, 11) is 1.45. The number of nitrogens with zero attached hydrogens (tertiary/aromatic N) is 3. The third-order valence-corrected chi connectivity index (χ3v) is 2.63. The van der Waals surface area contributed by atoms with Crippen LogP contribution in [0.5, 0.6) is 5.88 Å². The van der Waals surface area contributed by atoms with Crippen molar-refractivity contribution in [3.63, 3.8) is 0 Å². The van der Waals surface area contributed by atoms with E-state index in [1.165, 1.54) is 13.2 Å². The molecule has 8 nitrogen and oxygen atoms in total. The molecule has 2 rings (SSSR count). The Hall–Kier alpha value is -2.38. The van der Waals surface area contributed by atoms with E-state index < -0.39 is 6.04 Å². The van der Waals surface area contributed by atoms with Crippen molar-refractivity contribution in [2.75, 3.05) is 24.3 Å². The molecule has 8 heteroatoms. The van der Waals surface area contributed by atoms with Crippen LogP contribution >= 0.6 is 0 Å². The normalized spacial score (nSPS) is 19.7. The Balaban J connectivity index is 2.37. The van der Waals surface area contributed by atoms with Crippen molar-refractivity contribution >= 4 is 23.6 Å². The predicted molar refractivity (Wildman–Crippen MR) is 63.0 cm³/mol. The van der Waals surface area contributed by atoms with Gasteiger partial charge in [0.25, 0.3) is 0 Å². The fraction of sp³-hybridized carbons (Fsp3) is 0.400. The maximum atomic E-state index is 11.5. The quantitative estimate of drug-likeness (QED) is 0.643. The highest BCUT2D eigenvalue weighted by molar-refractivity contribution is 6.04. The smallest absolute Gasteiger partial charge is 0.249 e. The maximum absolute atomic E-state index is 11.5. The molecule has 0 spiro atoms. The first-order chi connectivity index (χ1) is 8.51. The summed E-state index contributed by atoms with van der Waals surface area (Å²) in [5, 5.41) is 2.25. The summed E-state index contributed by atoms with van der Waals surface area (Å²) in [6, 6.07) is 1.01. The van der Waals surface area contributed by atoms with E-state index in [1.54, 1.807) is 11.8 Å². The third kappa shape index (κ3) is 2.17. The molecule has 2 heterocycles. The van der Waals surface area contributed by atoms with Crippen LogP contribution in [0.25, 0.3) is 0 Å². The van der Waals surface area contributed by atoms with Gasteiger partial charge in [-0.2, -0.15) is 9.97 Å². The molecule has 1 aromatic heterocycles. The molecule has 0 aliphatic carbocycles. The fourth-order valence-corrected chi connectivity index (χ4v) is 1.68. The molecule has 1 atom stereocenters. The second-order valence-electron chi connectivity index (χ2n) is 3.84. The molecule has 18 heavy (non-hydrogen) atoms. The van der Waals surface area contributed by atoms with Crippen LogP contribution in [0.2, 0.25) is 0 Å². The van der Waals surface area contributed by atoms with Crippen molar-refractivity contribution in [1.82, 2.24) is 15.3 Å². The van der Waals surface area contributed by atoms with Gasteiger partial charge < -0.3 is 15.4 Å². The average molecular weight is 251 g/mol. The number of carbonyl (C=O) groups is 2. The molecule has 1 aromatic rings. The molecule has 96 valence electrons. The Morgan fingerprint density at radius 2 is 2.22 bits per heavy atom.